The molecule has 3 unspecified atom stereocenters. The summed E-state index contributed by atoms with van der Waals surface area (Å²) in [5, 5.41) is 2.77. The molecule has 0 aromatic heterocycles. The minimum Gasteiger partial charge on any atom is -0.497 e. The molecule has 2 heterocycles. The van der Waals surface area contributed by atoms with Gasteiger partial charge in [-0.3, -0.25) is 14.4 Å². The van der Waals surface area contributed by atoms with Crippen molar-refractivity contribution in [1.82, 2.24) is 15.1 Å². The summed E-state index contributed by atoms with van der Waals surface area (Å²) in [5.74, 6) is 0.0960. The molecule has 3 rings (SSSR count). The predicted molar refractivity (Wildman–Crippen MR) is 115 cm³/mol. The average molecular weight is 433 g/mol. The summed E-state index contributed by atoms with van der Waals surface area (Å²) < 4.78 is 11.0. The zero-order valence-electron chi connectivity index (χ0n) is 18.2. The quantitative estimate of drug-likeness (QED) is 0.614. The molecule has 3 amide bonds. The normalized spacial score (nSPS) is 22.9. The van der Waals surface area contributed by atoms with E-state index in [2.05, 4.69) is 5.32 Å². The number of carbonyl (C=O) groups is 3. The molecule has 9 heteroatoms. The largest absolute Gasteiger partial charge is 0.497 e. The Morgan fingerprint density at radius 2 is 2.03 bits per heavy atom. The van der Waals surface area contributed by atoms with E-state index in [1.807, 2.05) is 0 Å². The van der Waals surface area contributed by atoms with Crippen LogP contribution in [0.3, 0.4) is 0 Å². The molecule has 3 N–H and O–H groups in total. The van der Waals surface area contributed by atoms with E-state index in [-0.39, 0.29) is 29.9 Å². The number of rotatable bonds is 8. The fourth-order valence-electron chi connectivity index (χ4n) is 4.25. The molecule has 0 spiro atoms. The Bertz CT molecular complexity index is 779. The van der Waals surface area contributed by atoms with Gasteiger partial charge in [0.1, 0.15) is 11.8 Å². The average Bonchev–Trinajstić information content (AvgIpc) is 3.45. The third-order valence-electron chi connectivity index (χ3n) is 5.89. The van der Waals surface area contributed by atoms with Crippen LogP contribution < -0.4 is 15.8 Å². The highest BCUT2D eigenvalue weighted by Gasteiger charge is 2.42. The van der Waals surface area contributed by atoms with Gasteiger partial charge in [0.15, 0.2) is 0 Å². The monoisotopic (exact) mass is 432 g/mol. The van der Waals surface area contributed by atoms with Crippen LogP contribution in [0.25, 0.3) is 0 Å². The van der Waals surface area contributed by atoms with Gasteiger partial charge in [-0.05, 0) is 43.5 Å². The van der Waals surface area contributed by atoms with Crippen molar-refractivity contribution in [1.29, 1.82) is 0 Å². The van der Waals surface area contributed by atoms with Gasteiger partial charge in [0.05, 0.1) is 19.3 Å². The fraction of sp³-hybridized carbons (Fsp3) is 0.591. The van der Waals surface area contributed by atoms with Crippen molar-refractivity contribution in [2.24, 2.45) is 5.73 Å². The Balaban J connectivity index is 1.82. The lowest BCUT2D eigenvalue weighted by Gasteiger charge is -2.31. The van der Waals surface area contributed by atoms with E-state index in [1.165, 1.54) is 6.92 Å². The number of amides is 3. The van der Waals surface area contributed by atoms with Crippen LogP contribution in [0.1, 0.15) is 36.5 Å². The number of nitrogens with one attached hydrogen (secondary N) is 1. The standard InChI is InChI=1S/C22H32N4O5/c1-15(27)25-13-17(12-20(25)21(28)24-10-9-23)26(14-19-4-3-11-31-19)22(29)16-5-7-18(30-2)8-6-16/h5-8,17,19-20H,3-4,9-14,23H2,1-2H3,(H,24,28). The van der Waals surface area contributed by atoms with Crippen molar-refractivity contribution in [3.63, 3.8) is 0 Å². The number of nitrogens with zero attached hydrogens (tertiary/aromatic N) is 2. The van der Waals surface area contributed by atoms with Crippen LogP contribution in [0, 0.1) is 0 Å². The summed E-state index contributed by atoms with van der Waals surface area (Å²) in [5.41, 5.74) is 6.02. The number of benzene rings is 1. The van der Waals surface area contributed by atoms with Crippen molar-refractivity contribution >= 4 is 17.7 Å². The van der Waals surface area contributed by atoms with Crippen molar-refractivity contribution in [2.45, 2.75) is 44.4 Å². The third-order valence-corrected chi connectivity index (χ3v) is 5.89. The SMILES string of the molecule is COc1ccc(C(=O)N(CC2CCCO2)C2CC(C(=O)NCCN)N(C(C)=O)C2)cc1. The molecule has 2 saturated heterocycles. The molecule has 9 nitrogen and oxygen atoms in total. The van der Waals surface area contributed by atoms with E-state index in [0.717, 1.165) is 12.8 Å². The number of ether oxygens (including phenoxy) is 2. The van der Waals surface area contributed by atoms with Crippen LogP contribution in [0.4, 0.5) is 0 Å². The fourth-order valence-corrected chi connectivity index (χ4v) is 4.25. The van der Waals surface area contributed by atoms with Crippen molar-refractivity contribution in [3.05, 3.63) is 29.8 Å². The van der Waals surface area contributed by atoms with Gasteiger partial charge in [0, 0.05) is 45.3 Å². The Morgan fingerprint density at radius 1 is 1.29 bits per heavy atom. The van der Waals surface area contributed by atoms with Crippen LogP contribution in [0.2, 0.25) is 0 Å². The first-order valence-corrected chi connectivity index (χ1v) is 10.8. The molecule has 2 aliphatic rings. The maximum absolute atomic E-state index is 13.5. The topological polar surface area (TPSA) is 114 Å². The molecule has 2 aliphatic heterocycles. The first-order valence-electron chi connectivity index (χ1n) is 10.8. The lowest BCUT2D eigenvalue weighted by molar-refractivity contribution is -0.136. The lowest BCUT2D eigenvalue weighted by Crippen LogP contribution is -2.46. The van der Waals surface area contributed by atoms with Gasteiger partial charge in [-0.15, -0.1) is 0 Å². The first kappa shape index (κ1) is 23.0. The molecule has 170 valence electrons. The summed E-state index contributed by atoms with van der Waals surface area (Å²) >= 11 is 0. The van der Waals surface area contributed by atoms with Crippen molar-refractivity contribution in [3.8, 4) is 5.75 Å². The lowest BCUT2D eigenvalue weighted by atomic mass is 10.1. The molecule has 31 heavy (non-hydrogen) atoms. The van der Waals surface area contributed by atoms with Crippen LogP contribution >= 0.6 is 0 Å². The van der Waals surface area contributed by atoms with Crippen molar-refractivity contribution < 1.29 is 23.9 Å². The molecule has 3 atom stereocenters. The van der Waals surface area contributed by atoms with E-state index >= 15 is 0 Å². The highest BCUT2D eigenvalue weighted by atomic mass is 16.5. The summed E-state index contributed by atoms with van der Waals surface area (Å²) in [7, 11) is 1.57. The highest BCUT2D eigenvalue weighted by molar-refractivity contribution is 5.95. The smallest absolute Gasteiger partial charge is 0.254 e. The molecule has 0 saturated carbocycles. The van der Waals surface area contributed by atoms with Crippen molar-refractivity contribution in [2.75, 3.05) is 39.9 Å². The Kier molecular flexibility index (Phi) is 7.86. The molecular weight excluding hydrogens is 400 g/mol. The summed E-state index contributed by atoms with van der Waals surface area (Å²) in [6.07, 6.45) is 2.18. The minimum atomic E-state index is -0.621. The molecular formula is C22H32N4O5. The van der Waals surface area contributed by atoms with Gasteiger partial charge in [-0.1, -0.05) is 0 Å². The molecule has 0 radical (unpaired) electrons. The maximum Gasteiger partial charge on any atom is 0.254 e. The third kappa shape index (κ3) is 5.54. The van der Waals surface area contributed by atoms with Gasteiger partial charge in [-0.2, -0.15) is 0 Å². The van der Waals surface area contributed by atoms with E-state index in [1.54, 1.807) is 41.2 Å². The van der Waals surface area contributed by atoms with Gasteiger partial charge in [-0.25, -0.2) is 0 Å². The van der Waals surface area contributed by atoms with Gasteiger partial charge in [0.25, 0.3) is 5.91 Å². The Hall–Kier alpha value is -2.65. The Labute approximate surface area is 182 Å². The number of methoxy groups -OCH3 is 1. The number of hydrogen-bond donors (Lipinski definition) is 2. The van der Waals surface area contributed by atoms with Crippen LogP contribution in [-0.4, -0.2) is 85.6 Å². The maximum atomic E-state index is 13.5. The highest BCUT2D eigenvalue weighted by Crippen LogP contribution is 2.27. The van der Waals surface area contributed by atoms with Gasteiger partial charge >= 0.3 is 0 Å². The second kappa shape index (κ2) is 10.6. The van der Waals surface area contributed by atoms with Gasteiger partial charge in [0.2, 0.25) is 11.8 Å². The summed E-state index contributed by atoms with van der Waals surface area (Å²) in [6.45, 7) is 3.53. The van der Waals surface area contributed by atoms with Crippen LogP contribution in [-0.2, 0) is 14.3 Å². The van der Waals surface area contributed by atoms with E-state index < -0.39 is 6.04 Å². The van der Waals surface area contributed by atoms with E-state index in [0.29, 0.717) is 50.5 Å². The molecule has 0 bridgehead atoms. The second-order valence-electron chi connectivity index (χ2n) is 7.98. The van der Waals surface area contributed by atoms with Crippen LogP contribution in [0.5, 0.6) is 5.75 Å². The number of likely N-dealkylation sites (tertiary alicyclic amines) is 1. The molecule has 1 aromatic carbocycles. The van der Waals surface area contributed by atoms with Crippen LogP contribution in [0.15, 0.2) is 24.3 Å². The van der Waals surface area contributed by atoms with Gasteiger partial charge < -0.3 is 30.3 Å². The summed E-state index contributed by atoms with van der Waals surface area (Å²) in [6, 6.07) is 6.05. The summed E-state index contributed by atoms with van der Waals surface area (Å²) in [4.78, 5) is 41.6. The Morgan fingerprint density at radius 3 is 2.61 bits per heavy atom. The second-order valence-corrected chi connectivity index (χ2v) is 7.98. The number of nitrogens with two attached hydrogens (primary N) is 1. The zero-order valence-corrected chi connectivity index (χ0v) is 18.2. The first-order chi connectivity index (χ1) is 14.9. The molecule has 2 fully saturated rings. The molecule has 1 aromatic rings. The minimum absolute atomic E-state index is 0.0434. The number of hydrogen-bond acceptors (Lipinski definition) is 6. The zero-order chi connectivity index (χ0) is 22.4. The molecule has 0 aliphatic carbocycles. The predicted octanol–water partition coefficient (Wildman–Crippen LogP) is 0.381. The van der Waals surface area contributed by atoms with E-state index in [9.17, 15) is 14.4 Å². The van der Waals surface area contributed by atoms with E-state index in [4.69, 9.17) is 15.2 Å². The number of carbonyl (C=O) groups excluding carboxylic acids is 3.